The van der Waals surface area contributed by atoms with Crippen molar-refractivity contribution in [1.29, 1.82) is 0 Å². The molecule has 0 spiro atoms. The summed E-state index contributed by atoms with van der Waals surface area (Å²) in [7, 11) is 0. The van der Waals surface area contributed by atoms with E-state index in [0.29, 0.717) is 11.3 Å². The molecular weight excluding hydrogens is 410 g/mol. The number of hydrogen-bond donors (Lipinski definition) is 2. The number of hydrogen-bond acceptors (Lipinski definition) is 5. The number of nitrogens with one attached hydrogen (secondary N) is 1. The Labute approximate surface area is 168 Å². The van der Waals surface area contributed by atoms with E-state index in [1.54, 1.807) is 18.2 Å². The van der Waals surface area contributed by atoms with Crippen LogP contribution in [0.1, 0.15) is 25.0 Å². The van der Waals surface area contributed by atoms with Crippen molar-refractivity contribution in [3.8, 4) is 11.5 Å². The predicted octanol–water partition coefficient (Wildman–Crippen LogP) is 3.84. The molecule has 2 aromatic rings. The molecule has 0 atom stereocenters. The SMILES string of the molecule is CCN(CC)c1ccc(C=NNC(=O)COc2ccc(Br)c(C)c2)c(O)c1. The normalized spacial score (nSPS) is 10.8. The van der Waals surface area contributed by atoms with Crippen LogP contribution in [0, 0.1) is 6.92 Å². The average Bonchev–Trinajstić information content (AvgIpc) is 2.65. The van der Waals surface area contributed by atoms with Crippen molar-refractivity contribution in [1.82, 2.24) is 5.43 Å². The average molecular weight is 434 g/mol. The topological polar surface area (TPSA) is 74.2 Å². The molecule has 0 aliphatic heterocycles. The first-order valence-corrected chi connectivity index (χ1v) is 9.52. The Kier molecular flexibility index (Phi) is 7.67. The maximum atomic E-state index is 11.8. The summed E-state index contributed by atoms with van der Waals surface area (Å²) < 4.78 is 6.42. The first-order valence-electron chi connectivity index (χ1n) is 8.73. The van der Waals surface area contributed by atoms with E-state index in [9.17, 15) is 9.90 Å². The van der Waals surface area contributed by atoms with E-state index in [-0.39, 0.29) is 18.3 Å². The van der Waals surface area contributed by atoms with Gasteiger partial charge in [-0.25, -0.2) is 5.43 Å². The largest absolute Gasteiger partial charge is 0.507 e. The van der Waals surface area contributed by atoms with Gasteiger partial charge in [0.2, 0.25) is 0 Å². The van der Waals surface area contributed by atoms with Gasteiger partial charge in [-0.2, -0.15) is 5.10 Å². The van der Waals surface area contributed by atoms with Crippen LogP contribution >= 0.6 is 15.9 Å². The van der Waals surface area contributed by atoms with Crippen LogP contribution in [0.25, 0.3) is 0 Å². The number of rotatable bonds is 8. The number of halogens is 1. The Hall–Kier alpha value is -2.54. The van der Waals surface area contributed by atoms with Crippen LogP contribution in [0.3, 0.4) is 0 Å². The predicted molar refractivity (Wildman–Crippen MR) is 112 cm³/mol. The summed E-state index contributed by atoms with van der Waals surface area (Å²) >= 11 is 3.41. The first-order chi connectivity index (χ1) is 12.9. The molecule has 7 heteroatoms. The third-order valence-corrected chi connectivity index (χ3v) is 4.92. The standard InChI is InChI=1S/C20H24BrN3O3/c1-4-24(5-2)16-7-6-15(19(25)11-16)12-22-23-20(26)13-27-17-8-9-18(21)14(3)10-17/h6-12,25H,4-5,13H2,1-3H3,(H,23,26). The number of phenolic OH excluding ortho intramolecular Hbond substituents is 1. The van der Waals surface area contributed by atoms with E-state index in [1.807, 2.05) is 25.1 Å². The maximum absolute atomic E-state index is 11.8. The van der Waals surface area contributed by atoms with Crippen molar-refractivity contribution in [3.05, 3.63) is 52.0 Å². The molecule has 0 saturated carbocycles. The Morgan fingerprint density at radius 2 is 2.00 bits per heavy atom. The molecule has 0 aliphatic rings. The molecule has 144 valence electrons. The Bertz CT molecular complexity index is 820. The van der Waals surface area contributed by atoms with Crippen LogP contribution in [-0.4, -0.2) is 36.9 Å². The number of carbonyl (C=O) groups is 1. The summed E-state index contributed by atoms with van der Waals surface area (Å²) in [6.45, 7) is 7.63. The van der Waals surface area contributed by atoms with Crippen molar-refractivity contribution < 1.29 is 14.6 Å². The van der Waals surface area contributed by atoms with Gasteiger partial charge in [-0.05, 0) is 56.7 Å². The van der Waals surface area contributed by atoms with Gasteiger partial charge in [0.05, 0.1) is 6.21 Å². The molecule has 6 nitrogen and oxygen atoms in total. The van der Waals surface area contributed by atoms with Crippen LogP contribution in [-0.2, 0) is 4.79 Å². The third-order valence-electron chi connectivity index (χ3n) is 4.03. The lowest BCUT2D eigenvalue weighted by Crippen LogP contribution is -2.24. The fraction of sp³-hybridized carbons (Fsp3) is 0.300. The van der Waals surface area contributed by atoms with E-state index in [0.717, 1.165) is 28.8 Å². The van der Waals surface area contributed by atoms with Crippen LogP contribution < -0.4 is 15.1 Å². The zero-order valence-corrected chi connectivity index (χ0v) is 17.3. The van der Waals surface area contributed by atoms with Crippen LogP contribution in [0.5, 0.6) is 11.5 Å². The quantitative estimate of drug-likeness (QED) is 0.489. The first kappa shape index (κ1) is 20.8. The number of nitrogens with zero attached hydrogens (tertiary/aromatic N) is 2. The van der Waals surface area contributed by atoms with Crippen molar-refractivity contribution >= 4 is 33.7 Å². The molecule has 0 saturated heterocycles. The minimum Gasteiger partial charge on any atom is -0.507 e. The van der Waals surface area contributed by atoms with E-state index < -0.39 is 0 Å². The van der Waals surface area contributed by atoms with Crippen LogP contribution in [0.15, 0.2) is 46.0 Å². The second-order valence-electron chi connectivity index (χ2n) is 5.91. The molecule has 27 heavy (non-hydrogen) atoms. The zero-order chi connectivity index (χ0) is 19.8. The minimum atomic E-state index is -0.383. The lowest BCUT2D eigenvalue weighted by Gasteiger charge is -2.21. The highest BCUT2D eigenvalue weighted by atomic mass is 79.9. The van der Waals surface area contributed by atoms with Gasteiger partial charge in [-0.1, -0.05) is 15.9 Å². The lowest BCUT2D eigenvalue weighted by molar-refractivity contribution is -0.123. The Morgan fingerprint density at radius 3 is 2.63 bits per heavy atom. The van der Waals surface area contributed by atoms with Gasteiger partial charge in [-0.15, -0.1) is 0 Å². The van der Waals surface area contributed by atoms with Crippen molar-refractivity contribution in [2.24, 2.45) is 5.10 Å². The highest BCUT2D eigenvalue weighted by molar-refractivity contribution is 9.10. The molecule has 2 aromatic carbocycles. The number of ether oxygens (including phenoxy) is 1. The fourth-order valence-corrected chi connectivity index (χ4v) is 2.74. The molecule has 0 radical (unpaired) electrons. The number of anilines is 1. The molecule has 0 fully saturated rings. The van der Waals surface area contributed by atoms with Crippen LogP contribution in [0.2, 0.25) is 0 Å². The molecule has 0 aromatic heterocycles. The molecule has 0 aliphatic carbocycles. The number of aryl methyl sites for hydroxylation is 1. The fourth-order valence-electron chi connectivity index (χ4n) is 2.49. The van der Waals surface area contributed by atoms with Crippen molar-refractivity contribution in [2.75, 3.05) is 24.6 Å². The number of carbonyl (C=O) groups excluding carboxylic acids is 1. The molecule has 0 heterocycles. The van der Waals surface area contributed by atoms with Crippen molar-refractivity contribution in [2.45, 2.75) is 20.8 Å². The van der Waals surface area contributed by atoms with E-state index in [2.05, 4.69) is 45.2 Å². The number of benzene rings is 2. The van der Waals surface area contributed by atoms with Crippen LogP contribution in [0.4, 0.5) is 5.69 Å². The summed E-state index contributed by atoms with van der Waals surface area (Å²) in [5, 5.41) is 14.0. The summed E-state index contributed by atoms with van der Waals surface area (Å²) in [6.07, 6.45) is 1.41. The third kappa shape index (κ3) is 5.99. The maximum Gasteiger partial charge on any atom is 0.277 e. The Balaban J connectivity index is 1.88. The summed E-state index contributed by atoms with van der Waals surface area (Å²) in [6, 6.07) is 10.9. The second kappa shape index (κ2) is 9.97. The highest BCUT2D eigenvalue weighted by Crippen LogP contribution is 2.23. The number of aromatic hydroxyl groups is 1. The van der Waals surface area contributed by atoms with Crippen molar-refractivity contribution in [3.63, 3.8) is 0 Å². The molecule has 0 bridgehead atoms. The van der Waals surface area contributed by atoms with E-state index >= 15 is 0 Å². The molecule has 2 rings (SSSR count). The van der Waals surface area contributed by atoms with Gasteiger partial charge in [-0.3, -0.25) is 4.79 Å². The summed E-state index contributed by atoms with van der Waals surface area (Å²) in [4.78, 5) is 14.0. The number of phenols is 1. The molecule has 2 N–H and O–H groups in total. The monoisotopic (exact) mass is 433 g/mol. The number of hydrazone groups is 1. The van der Waals surface area contributed by atoms with Gasteiger partial charge in [0.1, 0.15) is 11.5 Å². The molecular formula is C20H24BrN3O3. The molecule has 1 amide bonds. The van der Waals surface area contributed by atoms with Gasteiger partial charge < -0.3 is 14.7 Å². The smallest absolute Gasteiger partial charge is 0.277 e. The second-order valence-corrected chi connectivity index (χ2v) is 6.76. The van der Waals surface area contributed by atoms with Gasteiger partial charge in [0.15, 0.2) is 6.61 Å². The summed E-state index contributed by atoms with van der Waals surface area (Å²) in [5.41, 5.74) is 4.88. The van der Waals surface area contributed by atoms with Gasteiger partial charge in [0, 0.05) is 34.9 Å². The molecule has 0 unspecified atom stereocenters. The highest BCUT2D eigenvalue weighted by Gasteiger charge is 2.06. The summed E-state index contributed by atoms with van der Waals surface area (Å²) in [5.74, 6) is 0.338. The van der Waals surface area contributed by atoms with Gasteiger partial charge in [0.25, 0.3) is 5.91 Å². The van der Waals surface area contributed by atoms with E-state index in [1.165, 1.54) is 6.21 Å². The lowest BCUT2D eigenvalue weighted by atomic mass is 10.2. The minimum absolute atomic E-state index is 0.110. The van der Waals surface area contributed by atoms with Gasteiger partial charge >= 0.3 is 0 Å². The van der Waals surface area contributed by atoms with E-state index in [4.69, 9.17) is 4.74 Å². The zero-order valence-electron chi connectivity index (χ0n) is 15.7. The Morgan fingerprint density at radius 1 is 1.26 bits per heavy atom. The number of amides is 1.